The van der Waals surface area contributed by atoms with E-state index in [1.54, 1.807) is 18.2 Å². The quantitative estimate of drug-likeness (QED) is 0.723. The van der Waals surface area contributed by atoms with Crippen molar-refractivity contribution in [2.24, 2.45) is 0 Å². The number of anilines is 1. The van der Waals surface area contributed by atoms with Crippen LogP contribution >= 0.6 is 11.3 Å². The van der Waals surface area contributed by atoms with Crippen LogP contribution in [-0.4, -0.2) is 11.8 Å². The zero-order valence-corrected chi connectivity index (χ0v) is 14.6. The van der Waals surface area contributed by atoms with Crippen molar-refractivity contribution in [3.8, 4) is 0 Å². The molecule has 25 heavy (non-hydrogen) atoms. The van der Waals surface area contributed by atoms with E-state index in [-0.39, 0.29) is 11.8 Å². The molecule has 0 atom stereocenters. The molecule has 2 aromatic carbocycles. The number of carbonyl (C=O) groups excluding carboxylic acids is 2. The van der Waals surface area contributed by atoms with Gasteiger partial charge in [0.2, 0.25) is 0 Å². The van der Waals surface area contributed by atoms with Crippen LogP contribution in [0.2, 0.25) is 0 Å². The molecular weight excluding hydrogens is 332 g/mol. The third kappa shape index (κ3) is 4.33. The Balaban J connectivity index is 1.72. The SMILES string of the molecule is Cc1cc(C(=O)NCc2ccccc2)c(NC(=O)c2ccccc2)s1. The van der Waals surface area contributed by atoms with Crippen molar-refractivity contribution in [1.29, 1.82) is 0 Å². The molecule has 0 bridgehead atoms. The number of rotatable bonds is 5. The molecule has 0 aliphatic rings. The third-order valence-electron chi connectivity index (χ3n) is 3.66. The van der Waals surface area contributed by atoms with Gasteiger partial charge >= 0.3 is 0 Å². The topological polar surface area (TPSA) is 58.2 Å². The van der Waals surface area contributed by atoms with Gasteiger partial charge in [-0.2, -0.15) is 0 Å². The van der Waals surface area contributed by atoms with Crippen LogP contribution < -0.4 is 10.6 Å². The first-order valence-corrected chi connectivity index (χ1v) is 8.74. The molecular formula is C20H18N2O2S. The second kappa shape index (κ2) is 7.77. The first-order valence-electron chi connectivity index (χ1n) is 7.92. The highest BCUT2D eigenvalue weighted by Crippen LogP contribution is 2.28. The monoisotopic (exact) mass is 350 g/mol. The van der Waals surface area contributed by atoms with Crippen molar-refractivity contribution in [1.82, 2.24) is 5.32 Å². The van der Waals surface area contributed by atoms with E-state index in [9.17, 15) is 9.59 Å². The van der Waals surface area contributed by atoms with Gasteiger partial charge in [0.15, 0.2) is 0 Å². The number of nitrogens with one attached hydrogen (secondary N) is 2. The Morgan fingerprint density at radius 2 is 1.56 bits per heavy atom. The molecule has 0 aliphatic heterocycles. The fourth-order valence-electron chi connectivity index (χ4n) is 2.41. The summed E-state index contributed by atoms with van der Waals surface area (Å²) in [5.74, 6) is -0.420. The standard InChI is InChI=1S/C20H18N2O2S/c1-14-12-17(19(24)21-13-15-8-4-2-5-9-15)20(25-14)22-18(23)16-10-6-3-7-11-16/h2-12H,13H2,1H3,(H,21,24)(H,22,23). The molecule has 0 fully saturated rings. The van der Waals surface area contributed by atoms with E-state index in [1.807, 2.05) is 55.5 Å². The van der Waals surface area contributed by atoms with Crippen molar-refractivity contribution in [2.45, 2.75) is 13.5 Å². The molecule has 0 spiro atoms. The van der Waals surface area contributed by atoms with Gasteiger partial charge in [0.25, 0.3) is 11.8 Å². The van der Waals surface area contributed by atoms with Gasteiger partial charge in [-0.1, -0.05) is 48.5 Å². The number of aryl methyl sites for hydroxylation is 1. The summed E-state index contributed by atoms with van der Waals surface area (Å²) in [6, 6.07) is 20.5. The third-order valence-corrected chi connectivity index (χ3v) is 4.62. The fourth-order valence-corrected chi connectivity index (χ4v) is 3.32. The molecule has 0 unspecified atom stereocenters. The summed E-state index contributed by atoms with van der Waals surface area (Å²) in [6.45, 7) is 2.36. The van der Waals surface area contributed by atoms with Gasteiger partial charge in [-0.05, 0) is 30.7 Å². The fraction of sp³-hybridized carbons (Fsp3) is 0.100. The maximum absolute atomic E-state index is 12.5. The predicted molar refractivity (Wildman–Crippen MR) is 101 cm³/mol. The van der Waals surface area contributed by atoms with Crippen molar-refractivity contribution >= 4 is 28.2 Å². The Bertz CT molecular complexity index is 873. The van der Waals surface area contributed by atoms with Gasteiger partial charge in [0, 0.05) is 17.0 Å². The van der Waals surface area contributed by atoms with Gasteiger partial charge in [-0.25, -0.2) is 0 Å². The molecule has 0 saturated heterocycles. The number of hydrogen-bond donors (Lipinski definition) is 2. The van der Waals surface area contributed by atoms with Crippen LogP contribution in [0.15, 0.2) is 66.7 Å². The van der Waals surface area contributed by atoms with E-state index in [1.165, 1.54) is 11.3 Å². The lowest BCUT2D eigenvalue weighted by molar-refractivity contribution is 0.0952. The lowest BCUT2D eigenvalue weighted by atomic mass is 10.2. The largest absolute Gasteiger partial charge is 0.348 e. The number of thiophene rings is 1. The van der Waals surface area contributed by atoms with Crippen LogP contribution in [0.25, 0.3) is 0 Å². The average Bonchev–Trinajstić information content (AvgIpc) is 3.01. The second-order valence-electron chi connectivity index (χ2n) is 5.59. The highest BCUT2D eigenvalue weighted by atomic mass is 32.1. The molecule has 2 N–H and O–H groups in total. The summed E-state index contributed by atoms with van der Waals surface area (Å²) in [5.41, 5.74) is 2.07. The Morgan fingerprint density at radius 3 is 2.24 bits per heavy atom. The summed E-state index contributed by atoms with van der Waals surface area (Å²) in [5, 5.41) is 6.31. The molecule has 3 aromatic rings. The van der Waals surface area contributed by atoms with Crippen LogP contribution in [0.5, 0.6) is 0 Å². The molecule has 3 rings (SSSR count). The van der Waals surface area contributed by atoms with E-state index < -0.39 is 0 Å². The van der Waals surface area contributed by atoms with E-state index in [4.69, 9.17) is 0 Å². The number of benzene rings is 2. The summed E-state index contributed by atoms with van der Waals surface area (Å²) < 4.78 is 0. The van der Waals surface area contributed by atoms with E-state index >= 15 is 0 Å². The lowest BCUT2D eigenvalue weighted by Gasteiger charge is -2.08. The summed E-state index contributed by atoms with van der Waals surface area (Å²) in [7, 11) is 0. The first kappa shape index (κ1) is 16.9. The maximum Gasteiger partial charge on any atom is 0.256 e. The van der Waals surface area contributed by atoms with Crippen molar-refractivity contribution in [2.75, 3.05) is 5.32 Å². The predicted octanol–water partition coefficient (Wildman–Crippen LogP) is 4.24. The Kier molecular flexibility index (Phi) is 5.26. The normalized spacial score (nSPS) is 10.3. The van der Waals surface area contributed by atoms with E-state index in [0.717, 1.165) is 10.4 Å². The molecule has 2 amide bonds. The highest BCUT2D eigenvalue weighted by Gasteiger charge is 2.17. The van der Waals surface area contributed by atoms with Crippen LogP contribution in [-0.2, 0) is 6.54 Å². The molecule has 0 saturated carbocycles. The van der Waals surface area contributed by atoms with E-state index in [2.05, 4.69) is 10.6 Å². The molecule has 1 heterocycles. The molecule has 0 aliphatic carbocycles. The van der Waals surface area contributed by atoms with Gasteiger partial charge in [-0.15, -0.1) is 11.3 Å². The zero-order chi connectivity index (χ0) is 17.6. The second-order valence-corrected chi connectivity index (χ2v) is 6.84. The smallest absolute Gasteiger partial charge is 0.256 e. The van der Waals surface area contributed by atoms with Crippen LogP contribution in [0, 0.1) is 6.92 Å². The van der Waals surface area contributed by atoms with Crippen molar-refractivity contribution in [3.63, 3.8) is 0 Å². The van der Waals surface area contributed by atoms with Gasteiger partial charge in [0.1, 0.15) is 5.00 Å². The molecule has 5 heteroatoms. The Labute approximate surface area is 150 Å². The summed E-state index contributed by atoms with van der Waals surface area (Å²) in [4.78, 5) is 25.8. The van der Waals surface area contributed by atoms with Crippen LogP contribution in [0.1, 0.15) is 31.2 Å². The van der Waals surface area contributed by atoms with Gasteiger partial charge < -0.3 is 10.6 Å². The Hall–Kier alpha value is -2.92. The van der Waals surface area contributed by atoms with Gasteiger partial charge in [0.05, 0.1) is 5.56 Å². The molecule has 126 valence electrons. The zero-order valence-electron chi connectivity index (χ0n) is 13.8. The first-order chi connectivity index (χ1) is 12.1. The van der Waals surface area contributed by atoms with Crippen LogP contribution in [0.4, 0.5) is 5.00 Å². The average molecular weight is 350 g/mol. The van der Waals surface area contributed by atoms with Crippen LogP contribution in [0.3, 0.4) is 0 Å². The van der Waals surface area contributed by atoms with Crippen molar-refractivity contribution in [3.05, 3.63) is 88.3 Å². The number of carbonyl (C=O) groups is 2. The molecule has 1 aromatic heterocycles. The maximum atomic E-state index is 12.5. The number of hydrogen-bond acceptors (Lipinski definition) is 3. The lowest BCUT2D eigenvalue weighted by Crippen LogP contribution is -2.24. The minimum atomic E-state index is -0.223. The van der Waals surface area contributed by atoms with Crippen molar-refractivity contribution < 1.29 is 9.59 Å². The highest BCUT2D eigenvalue weighted by molar-refractivity contribution is 7.16. The minimum Gasteiger partial charge on any atom is -0.348 e. The molecule has 4 nitrogen and oxygen atoms in total. The van der Waals surface area contributed by atoms with E-state index in [0.29, 0.717) is 22.7 Å². The summed E-state index contributed by atoms with van der Waals surface area (Å²) in [6.07, 6.45) is 0. The van der Waals surface area contributed by atoms with Gasteiger partial charge in [-0.3, -0.25) is 9.59 Å². The minimum absolute atomic E-state index is 0.198. The molecule has 0 radical (unpaired) electrons. The summed E-state index contributed by atoms with van der Waals surface area (Å²) >= 11 is 1.39. The number of amides is 2. The Morgan fingerprint density at radius 1 is 0.920 bits per heavy atom.